The zero-order valence-corrected chi connectivity index (χ0v) is 11.1. The van der Waals surface area contributed by atoms with Gasteiger partial charge in [-0.3, -0.25) is 4.68 Å². The van der Waals surface area contributed by atoms with E-state index in [9.17, 15) is 13.2 Å². The predicted octanol–water partition coefficient (Wildman–Crippen LogP) is 4.34. The second kappa shape index (κ2) is 4.80. The summed E-state index contributed by atoms with van der Waals surface area (Å²) in [6.07, 6.45) is -4.32. The van der Waals surface area contributed by atoms with Crippen LogP contribution >= 0.6 is 0 Å². The number of fused-ring (bicyclic) bond motifs is 1. The highest BCUT2D eigenvalue weighted by molar-refractivity contribution is 5.91. The van der Waals surface area contributed by atoms with Crippen molar-refractivity contribution in [2.75, 3.05) is 5.32 Å². The Bertz CT molecular complexity index is 773. The third-order valence-electron chi connectivity index (χ3n) is 3.23. The Hall–Kier alpha value is -2.50. The summed E-state index contributed by atoms with van der Waals surface area (Å²) in [5.41, 5.74) is 0.845. The number of rotatable bonds is 2. The third kappa shape index (κ3) is 2.56. The standard InChI is InChI=1S/C15H12F3N3/c1-21-13-5-3-2-4-12(13)14(20-21)19-11-8-6-10(7-9-11)15(16,17)18/h2-9H,1H3,(H,19,20). The molecule has 0 atom stereocenters. The van der Waals surface area contributed by atoms with Crippen molar-refractivity contribution in [3.8, 4) is 0 Å². The smallest absolute Gasteiger partial charge is 0.338 e. The second-order valence-electron chi connectivity index (χ2n) is 4.69. The minimum atomic E-state index is -4.32. The van der Waals surface area contributed by atoms with Crippen molar-refractivity contribution in [2.24, 2.45) is 7.05 Å². The van der Waals surface area contributed by atoms with E-state index in [1.165, 1.54) is 12.1 Å². The number of aryl methyl sites for hydroxylation is 1. The van der Waals surface area contributed by atoms with E-state index < -0.39 is 11.7 Å². The minimum Gasteiger partial charge on any atom is -0.338 e. The van der Waals surface area contributed by atoms with E-state index in [1.54, 1.807) is 4.68 Å². The van der Waals surface area contributed by atoms with Gasteiger partial charge in [0, 0.05) is 18.1 Å². The van der Waals surface area contributed by atoms with Crippen LogP contribution < -0.4 is 5.32 Å². The van der Waals surface area contributed by atoms with Crippen LogP contribution in [-0.4, -0.2) is 9.78 Å². The number of aromatic nitrogens is 2. The van der Waals surface area contributed by atoms with Crippen LogP contribution in [-0.2, 0) is 13.2 Å². The molecule has 1 aromatic heterocycles. The topological polar surface area (TPSA) is 29.9 Å². The van der Waals surface area contributed by atoms with Crippen molar-refractivity contribution in [3.05, 3.63) is 54.1 Å². The van der Waals surface area contributed by atoms with Gasteiger partial charge in [0.15, 0.2) is 5.82 Å². The van der Waals surface area contributed by atoms with Gasteiger partial charge in [-0.1, -0.05) is 12.1 Å². The molecular formula is C15H12F3N3. The van der Waals surface area contributed by atoms with Crippen LogP contribution in [0.4, 0.5) is 24.7 Å². The summed E-state index contributed by atoms with van der Waals surface area (Å²) in [5, 5.41) is 8.30. The number of hydrogen-bond acceptors (Lipinski definition) is 2. The van der Waals surface area contributed by atoms with Crippen molar-refractivity contribution >= 4 is 22.4 Å². The summed E-state index contributed by atoms with van der Waals surface area (Å²) in [6.45, 7) is 0. The van der Waals surface area contributed by atoms with Crippen LogP contribution in [0.1, 0.15) is 5.56 Å². The first-order valence-corrected chi connectivity index (χ1v) is 6.31. The highest BCUT2D eigenvalue weighted by atomic mass is 19.4. The van der Waals surface area contributed by atoms with E-state index in [1.807, 2.05) is 31.3 Å². The zero-order chi connectivity index (χ0) is 15.0. The first-order valence-electron chi connectivity index (χ1n) is 6.31. The normalized spacial score (nSPS) is 11.8. The highest BCUT2D eigenvalue weighted by Crippen LogP contribution is 2.31. The molecule has 0 bridgehead atoms. The Morgan fingerprint density at radius 1 is 1.00 bits per heavy atom. The fraction of sp³-hybridized carbons (Fsp3) is 0.133. The van der Waals surface area contributed by atoms with Crippen LogP contribution in [0.2, 0.25) is 0 Å². The summed E-state index contributed by atoms with van der Waals surface area (Å²) >= 11 is 0. The molecule has 0 amide bonds. The maximum Gasteiger partial charge on any atom is 0.416 e. The fourth-order valence-corrected chi connectivity index (χ4v) is 2.19. The van der Waals surface area contributed by atoms with Gasteiger partial charge in [-0.05, 0) is 36.4 Å². The van der Waals surface area contributed by atoms with Crippen LogP contribution in [0.25, 0.3) is 10.9 Å². The van der Waals surface area contributed by atoms with Gasteiger partial charge in [0.1, 0.15) is 0 Å². The van der Waals surface area contributed by atoms with Gasteiger partial charge in [0.25, 0.3) is 0 Å². The summed E-state index contributed by atoms with van der Waals surface area (Å²) in [5.74, 6) is 0.618. The molecule has 0 radical (unpaired) electrons. The Balaban J connectivity index is 1.92. The van der Waals surface area contributed by atoms with Crippen molar-refractivity contribution in [2.45, 2.75) is 6.18 Å². The summed E-state index contributed by atoms with van der Waals surface area (Å²) in [4.78, 5) is 0. The van der Waals surface area contributed by atoms with E-state index >= 15 is 0 Å². The van der Waals surface area contributed by atoms with Gasteiger partial charge in [-0.15, -0.1) is 0 Å². The number of hydrogen-bond donors (Lipinski definition) is 1. The molecule has 3 aromatic rings. The SMILES string of the molecule is Cn1nc(Nc2ccc(C(F)(F)F)cc2)c2ccccc21. The van der Waals surface area contributed by atoms with Gasteiger partial charge in [0.2, 0.25) is 0 Å². The van der Waals surface area contributed by atoms with Gasteiger partial charge in [-0.2, -0.15) is 18.3 Å². The maximum absolute atomic E-state index is 12.5. The number of alkyl halides is 3. The molecule has 0 spiro atoms. The van der Waals surface area contributed by atoms with Gasteiger partial charge in [-0.25, -0.2) is 0 Å². The largest absolute Gasteiger partial charge is 0.416 e. The number of halogens is 3. The molecule has 0 unspecified atom stereocenters. The number of anilines is 2. The summed E-state index contributed by atoms with van der Waals surface area (Å²) < 4.78 is 39.3. The van der Waals surface area contributed by atoms with Crippen LogP contribution in [0.15, 0.2) is 48.5 Å². The van der Waals surface area contributed by atoms with Crippen LogP contribution in [0.3, 0.4) is 0 Å². The molecule has 108 valence electrons. The van der Waals surface area contributed by atoms with Crippen molar-refractivity contribution < 1.29 is 13.2 Å². The van der Waals surface area contributed by atoms with E-state index in [0.29, 0.717) is 11.5 Å². The van der Waals surface area contributed by atoms with Crippen molar-refractivity contribution in [1.29, 1.82) is 0 Å². The molecule has 0 saturated heterocycles. The Labute approximate surface area is 119 Å². The van der Waals surface area contributed by atoms with Crippen molar-refractivity contribution in [3.63, 3.8) is 0 Å². The average molecular weight is 291 g/mol. The Morgan fingerprint density at radius 2 is 1.67 bits per heavy atom. The molecule has 3 nitrogen and oxygen atoms in total. The lowest BCUT2D eigenvalue weighted by Gasteiger charge is -2.08. The molecule has 0 aliphatic rings. The molecule has 3 rings (SSSR count). The van der Waals surface area contributed by atoms with Crippen molar-refractivity contribution in [1.82, 2.24) is 9.78 Å². The highest BCUT2D eigenvalue weighted by Gasteiger charge is 2.29. The van der Waals surface area contributed by atoms with E-state index in [0.717, 1.165) is 23.0 Å². The molecule has 0 aliphatic carbocycles. The van der Waals surface area contributed by atoms with Gasteiger partial charge < -0.3 is 5.32 Å². The molecule has 6 heteroatoms. The van der Waals surface area contributed by atoms with E-state index in [4.69, 9.17) is 0 Å². The molecule has 0 fully saturated rings. The number of para-hydroxylation sites is 1. The molecule has 0 aliphatic heterocycles. The first-order chi connectivity index (χ1) is 9.95. The number of nitrogens with one attached hydrogen (secondary N) is 1. The third-order valence-corrected chi connectivity index (χ3v) is 3.23. The lowest BCUT2D eigenvalue weighted by Crippen LogP contribution is -2.04. The lowest BCUT2D eigenvalue weighted by molar-refractivity contribution is -0.137. The van der Waals surface area contributed by atoms with Crippen LogP contribution in [0, 0.1) is 0 Å². The molecule has 1 heterocycles. The maximum atomic E-state index is 12.5. The monoisotopic (exact) mass is 291 g/mol. The second-order valence-corrected chi connectivity index (χ2v) is 4.69. The molecule has 0 saturated carbocycles. The summed E-state index contributed by atoms with van der Waals surface area (Å²) in [6, 6.07) is 12.5. The minimum absolute atomic E-state index is 0.562. The molecule has 21 heavy (non-hydrogen) atoms. The zero-order valence-electron chi connectivity index (χ0n) is 11.1. The first kappa shape index (κ1) is 13.5. The lowest BCUT2D eigenvalue weighted by atomic mass is 10.2. The summed E-state index contributed by atoms with van der Waals surface area (Å²) in [7, 11) is 1.82. The Morgan fingerprint density at radius 3 is 2.33 bits per heavy atom. The molecule has 1 N–H and O–H groups in total. The van der Waals surface area contributed by atoms with Gasteiger partial charge in [0.05, 0.1) is 11.1 Å². The Kier molecular flexibility index (Phi) is 3.08. The fourth-order valence-electron chi connectivity index (χ4n) is 2.19. The molecule has 2 aromatic carbocycles. The molecular weight excluding hydrogens is 279 g/mol. The van der Waals surface area contributed by atoms with Crippen LogP contribution in [0.5, 0.6) is 0 Å². The predicted molar refractivity (Wildman–Crippen MR) is 75.4 cm³/mol. The quantitative estimate of drug-likeness (QED) is 0.761. The van der Waals surface area contributed by atoms with E-state index in [2.05, 4.69) is 10.4 Å². The van der Waals surface area contributed by atoms with E-state index in [-0.39, 0.29) is 0 Å². The number of benzene rings is 2. The number of nitrogens with zero attached hydrogens (tertiary/aromatic N) is 2. The van der Waals surface area contributed by atoms with Gasteiger partial charge >= 0.3 is 6.18 Å². The average Bonchev–Trinajstić information content (AvgIpc) is 2.76.